The van der Waals surface area contributed by atoms with E-state index in [1.54, 1.807) is 7.11 Å². The molecule has 0 unspecified atom stereocenters. The highest BCUT2D eigenvalue weighted by atomic mass is 79.9. The van der Waals surface area contributed by atoms with Crippen LogP contribution >= 0.6 is 15.9 Å². The quantitative estimate of drug-likeness (QED) is 0.518. The van der Waals surface area contributed by atoms with Gasteiger partial charge in [0.05, 0.1) is 11.6 Å². The second kappa shape index (κ2) is 7.01. The summed E-state index contributed by atoms with van der Waals surface area (Å²) in [5.74, 6) is 1.04. The van der Waals surface area contributed by atoms with Crippen LogP contribution in [0.2, 0.25) is 0 Å². The maximum Gasteiger partial charge on any atom is 0.137 e. The number of aryl methyl sites for hydroxylation is 1. The lowest BCUT2D eigenvalue weighted by atomic mass is 9.84. The highest BCUT2D eigenvalue weighted by molar-refractivity contribution is 9.10. The molecule has 3 aromatic rings. The average molecular weight is 367 g/mol. The van der Waals surface area contributed by atoms with Crippen molar-refractivity contribution in [2.75, 3.05) is 7.11 Å². The molecular weight excluding hydrogens is 348 g/mol. The summed E-state index contributed by atoms with van der Waals surface area (Å²) in [7, 11) is 1.73. The molecular formula is C21H19BrO. The van der Waals surface area contributed by atoms with Crippen molar-refractivity contribution in [3.05, 3.63) is 99.5 Å². The maximum atomic E-state index is 5.71. The lowest BCUT2D eigenvalue weighted by Gasteiger charge is -2.22. The minimum absolute atomic E-state index is 0.142. The molecule has 0 amide bonds. The summed E-state index contributed by atoms with van der Waals surface area (Å²) in [5, 5.41) is 0. The minimum Gasteiger partial charge on any atom is -0.495 e. The summed E-state index contributed by atoms with van der Waals surface area (Å²) in [6, 6.07) is 25.4. The molecule has 0 spiro atoms. The maximum absolute atomic E-state index is 5.71. The van der Waals surface area contributed by atoms with E-state index in [9.17, 15) is 0 Å². The fourth-order valence-corrected chi connectivity index (χ4v) is 3.78. The van der Waals surface area contributed by atoms with Gasteiger partial charge < -0.3 is 4.74 Å². The summed E-state index contributed by atoms with van der Waals surface area (Å²) in [6.45, 7) is 2.11. The molecule has 0 aliphatic heterocycles. The Hall–Kier alpha value is -2.06. The summed E-state index contributed by atoms with van der Waals surface area (Å²) in [4.78, 5) is 0. The third-order valence-electron chi connectivity index (χ3n) is 4.00. The van der Waals surface area contributed by atoms with Crippen molar-refractivity contribution in [3.8, 4) is 5.75 Å². The van der Waals surface area contributed by atoms with Gasteiger partial charge in [0.15, 0.2) is 0 Å². The van der Waals surface area contributed by atoms with Gasteiger partial charge in [-0.25, -0.2) is 0 Å². The van der Waals surface area contributed by atoms with Crippen LogP contribution in [0.25, 0.3) is 0 Å². The molecule has 0 aliphatic rings. The molecule has 0 bridgehead atoms. The Morgan fingerprint density at radius 1 is 0.826 bits per heavy atom. The predicted molar refractivity (Wildman–Crippen MR) is 99.3 cm³/mol. The van der Waals surface area contributed by atoms with Crippen LogP contribution in [-0.2, 0) is 0 Å². The second-order valence-corrected chi connectivity index (χ2v) is 6.48. The molecule has 0 aromatic heterocycles. The highest BCUT2D eigenvalue weighted by Gasteiger charge is 2.22. The molecule has 0 saturated carbocycles. The predicted octanol–water partition coefficient (Wildman–Crippen LogP) is 5.95. The second-order valence-electron chi connectivity index (χ2n) is 5.62. The first kappa shape index (κ1) is 15.8. The van der Waals surface area contributed by atoms with E-state index in [2.05, 4.69) is 95.7 Å². The minimum atomic E-state index is 0.142. The van der Waals surface area contributed by atoms with E-state index in [0.29, 0.717) is 0 Å². The van der Waals surface area contributed by atoms with Gasteiger partial charge in [-0.1, -0.05) is 66.7 Å². The summed E-state index contributed by atoms with van der Waals surface area (Å²) < 4.78 is 6.70. The molecule has 3 aromatic carbocycles. The van der Waals surface area contributed by atoms with Crippen LogP contribution in [0.4, 0.5) is 0 Å². The number of rotatable bonds is 4. The Balaban J connectivity index is 2.25. The van der Waals surface area contributed by atoms with E-state index in [0.717, 1.165) is 10.2 Å². The number of hydrogen-bond donors (Lipinski definition) is 0. The molecule has 3 rings (SSSR count). The van der Waals surface area contributed by atoms with Gasteiger partial charge in [0.2, 0.25) is 0 Å². The van der Waals surface area contributed by atoms with E-state index in [-0.39, 0.29) is 5.92 Å². The first-order valence-electron chi connectivity index (χ1n) is 7.64. The molecule has 0 fully saturated rings. The Labute approximate surface area is 146 Å². The van der Waals surface area contributed by atoms with Gasteiger partial charge in [0.25, 0.3) is 0 Å². The number of halogens is 1. The molecule has 0 aliphatic carbocycles. The van der Waals surface area contributed by atoms with Gasteiger partial charge in [-0.15, -0.1) is 0 Å². The highest BCUT2D eigenvalue weighted by Crippen LogP contribution is 2.41. The van der Waals surface area contributed by atoms with E-state index in [1.165, 1.54) is 22.3 Å². The topological polar surface area (TPSA) is 9.23 Å². The molecule has 0 N–H and O–H groups in total. The van der Waals surface area contributed by atoms with Gasteiger partial charge in [0, 0.05) is 11.5 Å². The van der Waals surface area contributed by atoms with Crippen LogP contribution < -0.4 is 4.74 Å². The van der Waals surface area contributed by atoms with E-state index in [1.807, 2.05) is 0 Å². The lowest BCUT2D eigenvalue weighted by molar-refractivity contribution is 0.406. The fraction of sp³-hybridized carbons (Fsp3) is 0.143. The van der Waals surface area contributed by atoms with Crippen molar-refractivity contribution in [2.24, 2.45) is 0 Å². The zero-order valence-electron chi connectivity index (χ0n) is 13.3. The normalized spacial score (nSPS) is 10.8. The number of ether oxygens (including phenoxy) is 1. The smallest absolute Gasteiger partial charge is 0.137 e. The summed E-state index contributed by atoms with van der Waals surface area (Å²) in [5.41, 5.74) is 4.91. The van der Waals surface area contributed by atoms with Crippen LogP contribution in [0.1, 0.15) is 28.2 Å². The van der Waals surface area contributed by atoms with Crippen LogP contribution in [0.5, 0.6) is 5.75 Å². The van der Waals surface area contributed by atoms with Crippen LogP contribution in [0.15, 0.2) is 77.3 Å². The van der Waals surface area contributed by atoms with Crippen LogP contribution in [-0.4, -0.2) is 7.11 Å². The van der Waals surface area contributed by atoms with E-state index >= 15 is 0 Å². The van der Waals surface area contributed by atoms with Crippen molar-refractivity contribution >= 4 is 15.9 Å². The van der Waals surface area contributed by atoms with Gasteiger partial charge in [-0.3, -0.25) is 0 Å². The van der Waals surface area contributed by atoms with Crippen molar-refractivity contribution in [3.63, 3.8) is 0 Å². The van der Waals surface area contributed by atoms with Crippen molar-refractivity contribution in [2.45, 2.75) is 12.8 Å². The van der Waals surface area contributed by atoms with Crippen molar-refractivity contribution in [1.82, 2.24) is 0 Å². The number of hydrogen-bond acceptors (Lipinski definition) is 1. The van der Waals surface area contributed by atoms with Gasteiger partial charge >= 0.3 is 0 Å². The van der Waals surface area contributed by atoms with Crippen LogP contribution in [0, 0.1) is 6.92 Å². The first-order chi connectivity index (χ1) is 11.2. The van der Waals surface area contributed by atoms with E-state index in [4.69, 9.17) is 4.74 Å². The first-order valence-corrected chi connectivity index (χ1v) is 8.44. The molecule has 116 valence electrons. The molecule has 23 heavy (non-hydrogen) atoms. The fourth-order valence-electron chi connectivity index (χ4n) is 3.03. The molecule has 2 heteroatoms. The Morgan fingerprint density at radius 2 is 1.35 bits per heavy atom. The molecule has 0 radical (unpaired) electrons. The van der Waals surface area contributed by atoms with Gasteiger partial charge in [-0.05, 0) is 45.6 Å². The van der Waals surface area contributed by atoms with Crippen molar-refractivity contribution in [1.29, 1.82) is 0 Å². The third-order valence-corrected chi connectivity index (χ3v) is 4.59. The summed E-state index contributed by atoms with van der Waals surface area (Å²) in [6.07, 6.45) is 0. The zero-order valence-corrected chi connectivity index (χ0v) is 14.9. The SMILES string of the molecule is COc1c(Br)cc(C)cc1C(c1ccccc1)c1ccccc1. The van der Waals surface area contributed by atoms with Crippen molar-refractivity contribution < 1.29 is 4.74 Å². The molecule has 0 saturated heterocycles. The zero-order chi connectivity index (χ0) is 16.2. The lowest BCUT2D eigenvalue weighted by Crippen LogP contribution is -2.06. The Bertz CT molecular complexity index is 742. The number of benzene rings is 3. The van der Waals surface area contributed by atoms with E-state index < -0.39 is 0 Å². The van der Waals surface area contributed by atoms with Crippen LogP contribution in [0.3, 0.4) is 0 Å². The largest absolute Gasteiger partial charge is 0.495 e. The Morgan fingerprint density at radius 3 is 1.83 bits per heavy atom. The summed E-state index contributed by atoms with van der Waals surface area (Å²) >= 11 is 3.65. The average Bonchev–Trinajstić information content (AvgIpc) is 2.57. The molecule has 0 atom stereocenters. The standard InChI is InChI=1S/C21H19BrO/c1-15-13-18(21(23-2)19(22)14-15)20(16-9-5-3-6-10-16)17-11-7-4-8-12-17/h3-14,20H,1-2H3. The molecule has 0 heterocycles. The monoisotopic (exact) mass is 366 g/mol. The number of methoxy groups -OCH3 is 1. The third kappa shape index (κ3) is 3.32. The van der Waals surface area contributed by atoms with Gasteiger partial charge in [-0.2, -0.15) is 0 Å². The van der Waals surface area contributed by atoms with Gasteiger partial charge in [0.1, 0.15) is 5.75 Å². The molecule has 1 nitrogen and oxygen atoms in total. The Kier molecular flexibility index (Phi) is 4.82.